The second kappa shape index (κ2) is 4.97. The normalized spacial score (nSPS) is 12.9. The smallest absolute Gasteiger partial charge is 0.150 e. The lowest BCUT2D eigenvalue weighted by atomic mass is 10.1. The predicted molar refractivity (Wildman–Crippen MR) is 45.6 cm³/mol. The molecule has 0 spiro atoms. The number of pyridine rings is 1. The van der Waals surface area contributed by atoms with Crippen molar-refractivity contribution < 1.29 is 18.6 Å². The standard InChI is InChI=1S/C9H11F2NO2/c1-14-3-2-8(13)9-6(10)4-12-5-7(9)11/h4-5,8,13H,2-3H2,1H3. The lowest BCUT2D eigenvalue weighted by Crippen LogP contribution is -2.07. The van der Waals surface area contributed by atoms with Crippen LogP contribution in [0.25, 0.3) is 0 Å². The minimum atomic E-state index is -1.20. The number of nitrogens with zero attached hydrogens (tertiary/aromatic N) is 1. The van der Waals surface area contributed by atoms with Crippen LogP contribution in [-0.2, 0) is 4.74 Å². The van der Waals surface area contributed by atoms with Gasteiger partial charge < -0.3 is 9.84 Å². The monoisotopic (exact) mass is 203 g/mol. The van der Waals surface area contributed by atoms with Gasteiger partial charge in [-0.2, -0.15) is 0 Å². The van der Waals surface area contributed by atoms with E-state index in [1.165, 1.54) is 7.11 Å². The number of ether oxygens (including phenoxy) is 1. The van der Waals surface area contributed by atoms with Gasteiger partial charge in [-0.05, 0) is 0 Å². The summed E-state index contributed by atoms with van der Waals surface area (Å²) < 4.78 is 30.7. The van der Waals surface area contributed by atoms with E-state index in [1.807, 2.05) is 0 Å². The molecule has 0 bridgehead atoms. The molecule has 1 aromatic heterocycles. The van der Waals surface area contributed by atoms with E-state index in [-0.39, 0.29) is 18.6 Å². The molecule has 1 atom stereocenters. The first-order chi connectivity index (χ1) is 6.66. The summed E-state index contributed by atoms with van der Waals surface area (Å²) in [4.78, 5) is 3.31. The van der Waals surface area contributed by atoms with Crippen LogP contribution in [-0.4, -0.2) is 23.8 Å². The van der Waals surface area contributed by atoms with Gasteiger partial charge in [-0.15, -0.1) is 0 Å². The molecular formula is C9H11F2NO2. The molecule has 3 nitrogen and oxygen atoms in total. The van der Waals surface area contributed by atoms with Gasteiger partial charge >= 0.3 is 0 Å². The van der Waals surface area contributed by atoms with Crippen LogP contribution in [0.5, 0.6) is 0 Å². The van der Waals surface area contributed by atoms with Crippen molar-refractivity contribution in [3.05, 3.63) is 29.6 Å². The highest BCUT2D eigenvalue weighted by atomic mass is 19.1. The van der Waals surface area contributed by atoms with Gasteiger partial charge in [0, 0.05) is 20.1 Å². The minimum absolute atomic E-state index is 0.147. The van der Waals surface area contributed by atoms with Gasteiger partial charge in [0.2, 0.25) is 0 Å². The lowest BCUT2D eigenvalue weighted by Gasteiger charge is -2.11. The van der Waals surface area contributed by atoms with Gasteiger partial charge in [-0.1, -0.05) is 0 Å². The summed E-state index contributed by atoms with van der Waals surface area (Å²) >= 11 is 0. The van der Waals surface area contributed by atoms with Gasteiger partial charge in [-0.3, -0.25) is 4.98 Å². The van der Waals surface area contributed by atoms with Gasteiger partial charge in [0.25, 0.3) is 0 Å². The zero-order valence-corrected chi connectivity index (χ0v) is 7.70. The van der Waals surface area contributed by atoms with Crippen molar-refractivity contribution in [2.24, 2.45) is 0 Å². The number of aliphatic hydroxyl groups is 1. The van der Waals surface area contributed by atoms with Crippen LogP contribution in [0.4, 0.5) is 8.78 Å². The van der Waals surface area contributed by atoms with Crippen molar-refractivity contribution in [2.45, 2.75) is 12.5 Å². The molecule has 0 radical (unpaired) electrons. The zero-order valence-electron chi connectivity index (χ0n) is 7.70. The quantitative estimate of drug-likeness (QED) is 0.804. The van der Waals surface area contributed by atoms with Crippen molar-refractivity contribution >= 4 is 0 Å². The summed E-state index contributed by atoms with van der Waals surface area (Å²) in [7, 11) is 1.45. The van der Waals surface area contributed by atoms with Crippen LogP contribution in [0, 0.1) is 11.6 Å². The summed E-state index contributed by atoms with van der Waals surface area (Å²) in [5.74, 6) is -1.68. The first-order valence-corrected chi connectivity index (χ1v) is 4.12. The van der Waals surface area contributed by atoms with E-state index in [4.69, 9.17) is 4.74 Å². The van der Waals surface area contributed by atoms with E-state index in [0.29, 0.717) is 0 Å². The molecule has 1 N–H and O–H groups in total. The topological polar surface area (TPSA) is 42.4 Å². The summed E-state index contributed by atoms with van der Waals surface area (Å²) in [5.41, 5.74) is -0.350. The Bertz CT molecular complexity index is 287. The minimum Gasteiger partial charge on any atom is -0.388 e. The van der Waals surface area contributed by atoms with Crippen molar-refractivity contribution in [3.63, 3.8) is 0 Å². The number of halogens is 2. The van der Waals surface area contributed by atoms with Crippen molar-refractivity contribution in [2.75, 3.05) is 13.7 Å². The van der Waals surface area contributed by atoms with Crippen LogP contribution >= 0.6 is 0 Å². The highest BCUT2D eigenvalue weighted by molar-refractivity contribution is 5.17. The molecule has 0 saturated carbocycles. The third kappa shape index (κ3) is 2.46. The molecule has 0 saturated heterocycles. The number of rotatable bonds is 4. The second-order valence-corrected chi connectivity index (χ2v) is 2.81. The van der Waals surface area contributed by atoms with E-state index in [2.05, 4.69) is 4.98 Å². The maximum atomic E-state index is 13.0. The molecule has 0 aliphatic carbocycles. The molecule has 0 fully saturated rings. The largest absolute Gasteiger partial charge is 0.388 e. The highest BCUT2D eigenvalue weighted by Gasteiger charge is 2.17. The third-order valence-corrected chi connectivity index (χ3v) is 1.82. The van der Waals surface area contributed by atoms with Gasteiger partial charge in [0.1, 0.15) is 11.6 Å². The van der Waals surface area contributed by atoms with E-state index in [0.717, 1.165) is 12.4 Å². The second-order valence-electron chi connectivity index (χ2n) is 2.81. The van der Waals surface area contributed by atoms with E-state index in [9.17, 15) is 13.9 Å². The Morgan fingerprint density at radius 1 is 1.43 bits per heavy atom. The molecule has 1 rings (SSSR count). The molecule has 0 aliphatic heterocycles. The molecule has 0 amide bonds. The van der Waals surface area contributed by atoms with Crippen LogP contribution in [0.15, 0.2) is 12.4 Å². The summed E-state index contributed by atoms with van der Waals surface area (Å²) in [6.07, 6.45) is 0.690. The summed E-state index contributed by atoms with van der Waals surface area (Å²) in [6.45, 7) is 0.238. The Hall–Kier alpha value is -1.07. The van der Waals surface area contributed by atoms with Crippen molar-refractivity contribution in [1.29, 1.82) is 0 Å². The Morgan fingerprint density at radius 3 is 2.50 bits per heavy atom. The van der Waals surface area contributed by atoms with Gasteiger partial charge in [0.15, 0.2) is 0 Å². The summed E-state index contributed by atoms with van der Waals surface area (Å²) in [6, 6.07) is 0. The Labute approximate surface area is 80.3 Å². The Balaban J connectivity index is 2.82. The maximum Gasteiger partial charge on any atom is 0.150 e. The maximum absolute atomic E-state index is 13.0. The van der Waals surface area contributed by atoms with E-state index >= 15 is 0 Å². The molecule has 1 heterocycles. The summed E-state index contributed by atoms with van der Waals surface area (Å²) in [5, 5.41) is 9.43. The first-order valence-electron chi connectivity index (χ1n) is 4.12. The Morgan fingerprint density at radius 2 is 2.00 bits per heavy atom. The number of aliphatic hydroxyl groups excluding tert-OH is 1. The van der Waals surface area contributed by atoms with Crippen molar-refractivity contribution in [3.8, 4) is 0 Å². The van der Waals surface area contributed by atoms with Crippen LogP contribution in [0.2, 0.25) is 0 Å². The number of aromatic nitrogens is 1. The average molecular weight is 203 g/mol. The molecule has 1 unspecified atom stereocenters. The average Bonchev–Trinajstić information content (AvgIpc) is 2.14. The van der Waals surface area contributed by atoms with Gasteiger partial charge in [-0.25, -0.2) is 8.78 Å². The van der Waals surface area contributed by atoms with Crippen LogP contribution in [0.1, 0.15) is 18.1 Å². The SMILES string of the molecule is COCCC(O)c1c(F)cncc1F. The predicted octanol–water partition coefficient (Wildman–Crippen LogP) is 1.43. The van der Waals surface area contributed by atoms with E-state index < -0.39 is 17.7 Å². The molecule has 78 valence electrons. The number of hydrogen-bond acceptors (Lipinski definition) is 3. The van der Waals surface area contributed by atoms with E-state index in [1.54, 1.807) is 0 Å². The highest BCUT2D eigenvalue weighted by Crippen LogP contribution is 2.21. The Kier molecular flexibility index (Phi) is 3.91. The fraction of sp³-hybridized carbons (Fsp3) is 0.444. The number of methoxy groups -OCH3 is 1. The first kappa shape index (κ1) is 11.0. The zero-order chi connectivity index (χ0) is 10.6. The van der Waals surface area contributed by atoms with Crippen LogP contribution < -0.4 is 0 Å². The molecule has 0 aromatic carbocycles. The van der Waals surface area contributed by atoms with Crippen LogP contribution in [0.3, 0.4) is 0 Å². The van der Waals surface area contributed by atoms with Crippen molar-refractivity contribution in [1.82, 2.24) is 4.98 Å². The molecule has 1 aromatic rings. The van der Waals surface area contributed by atoms with Gasteiger partial charge in [0.05, 0.1) is 24.1 Å². The lowest BCUT2D eigenvalue weighted by molar-refractivity contribution is 0.105. The number of hydrogen-bond donors (Lipinski definition) is 1. The molecule has 14 heavy (non-hydrogen) atoms. The molecule has 0 aliphatic rings. The third-order valence-electron chi connectivity index (χ3n) is 1.82. The fourth-order valence-corrected chi connectivity index (χ4v) is 1.11. The fourth-order valence-electron chi connectivity index (χ4n) is 1.11. The molecule has 5 heteroatoms. The molecular weight excluding hydrogens is 192 g/mol.